The third-order valence-electron chi connectivity index (χ3n) is 2.15. The molecule has 0 bridgehead atoms. The average Bonchev–Trinajstić information content (AvgIpc) is 2.12. The van der Waals surface area contributed by atoms with Gasteiger partial charge in [0.15, 0.2) is 0 Å². The van der Waals surface area contributed by atoms with Gasteiger partial charge in [-0.3, -0.25) is 0 Å². The van der Waals surface area contributed by atoms with Crippen molar-refractivity contribution >= 4 is 5.97 Å². The van der Waals surface area contributed by atoms with Crippen LogP contribution in [0.25, 0.3) is 0 Å². The molecule has 0 heterocycles. The maximum absolute atomic E-state index is 10.7. The second-order valence-electron chi connectivity index (χ2n) is 3.36. The van der Waals surface area contributed by atoms with E-state index in [0.717, 1.165) is 6.42 Å². The molecule has 3 nitrogen and oxygen atoms in total. The van der Waals surface area contributed by atoms with E-state index >= 15 is 0 Å². The second kappa shape index (κ2) is 4.13. The molecule has 0 aliphatic heterocycles. The molecule has 0 unspecified atom stereocenters. The van der Waals surface area contributed by atoms with Gasteiger partial charge in [0.2, 0.25) is 0 Å². The van der Waals surface area contributed by atoms with Crippen molar-refractivity contribution in [3.63, 3.8) is 0 Å². The lowest BCUT2D eigenvalue weighted by molar-refractivity contribution is 0.0696. The molecule has 0 spiro atoms. The number of rotatable bonds is 3. The molecular formula is C11H14O3. The van der Waals surface area contributed by atoms with Gasteiger partial charge in [0, 0.05) is 0 Å². The number of benzene rings is 1. The van der Waals surface area contributed by atoms with Crippen molar-refractivity contribution in [2.45, 2.75) is 26.7 Å². The molecule has 14 heavy (non-hydrogen) atoms. The standard InChI is InChI=1S/C11H14O3/c1-3-4-8-6-9(11(13)14)5-7(2)10(8)12/h5-6,12H,3-4H2,1-2H3,(H,13,14). The van der Waals surface area contributed by atoms with Gasteiger partial charge >= 0.3 is 5.97 Å². The van der Waals surface area contributed by atoms with Gasteiger partial charge in [-0.1, -0.05) is 13.3 Å². The summed E-state index contributed by atoms with van der Waals surface area (Å²) in [6.45, 7) is 3.70. The summed E-state index contributed by atoms with van der Waals surface area (Å²) in [6, 6.07) is 3.02. The number of aromatic carboxylic acids is 1. The molecule has 0 aliphatic rings. The van der Waals surface area contributed by atoms with E-state index in [1.807, 2.05) is 6.92 Å². The molecule has 0 radical (unpaired) electrons. The normalized spacial score (nSPS) is 10.1. The van der Waals surface area contributed by atoms with E-state index in [-0.39, 0.29) is 11.3 Å². The Balaban J connectivity index is 3.20. The Morgan fingerprint density at radius 3 is 2.57 bits per heavy atom. The Morgan fingerprint density at radius 1 is 1.43 bits per heavy atom. The summed E-state index contributed by atoms with van der Waals surface area (Å²) in [6.07, 6.45) is 1.59. The smallest absolute Gasteiger partial charge is 0.335 e. The number of aryl methyl sites for hydroxylation is 2. The number of aromatic hydroxyl groups is 1. The van der Waals surface area contributed by atoms with E-state index in [0.29, 0.717) is 17.5 Å². The first-order valence-electron chi connectivity index (χ1n) is 4.62. The Kier molecular flexibility index (Phi) is 3.12. The number of carbonyl (C=O) groups is 1. The van der Waals surface area contributed by atoms with Crippen LogP contribution in [-0.2, 0) is 6.42 Å². The van der Waals surface area contributed by atoms with Crippen molar-refractivity contribution < 1.29 is 15.0 Å². The lowest BCUT2D eigenvalue weighted by Crippen LogP contribution is -1.99. The Labute approximate surface area is 83.0 Å². The van der Waals surface area contributed by atoms with Crippen LogP contribution in [0.5, 0.6) is 5.75 Å². The first-order valence-corrected chi connectivity index (χ1v) is 4.62. The molecular weight excluding hydrogens is 180 g/mol. The second-order valence-corrected chi connectivity index (χ2v) is 3.36. The summed E-state index contributed by atoms with van der Waals surface area (Å²) < 4.78 is 0. The zero-order valence-electron chi connectivity index (χ0n) is 8.37. The van der Waals surface area contributed by atoms with Crippen molar-refractivity contribution in [3.8, 4) is 5.75 Å². The van der Waals surface area contributed by atoms with Crippen LogP contribution in [0, 0.1) is 6.92 Å². The minimum Gasteiger partial charge on any atom is -0.507 e. The van der Waals surface area contributed by atoms with Crippen molar-refractivity contribution in [3.05, 3.63) is 28.8 Å². The maximum atomic E-state index is 10.7. The lowest BCUT2D eigenvalue weighted by Gasteiger charge is -2.07. The largest absolute Gasteiger partial charge is 0.507 e. The molecule has 1 aromatic rings. The molecule has 76 valence electrons. The van der Waals surface area contributed by atoms with Crippen LogP contribution in [0.1, 0.15) is 34.8 Å². The Morgan fingerprint density at radius 2 is 2.07 bits per heavy atom. The minimum atomic E-state index is -0.953. The van der Waals surface area contributed by atoms with Crippen LogP contribution in [0.3, 0.4) is 0 Å². The van der Waals surface area contributed by atoms with E-state index in [1.165, 1.54) is 12.1 Å². The van der Waals surface area contributed by atoms with Gasteiger partial charge in [0.1, 0.15) is 5.75 Å². The molecule has 0 fully saturated rings. The summed E-state index contributed by atoms with van der Waals surface area (Å²) in [7, 11) is 0. The molecule has 2 N–H and O–H groups in total. The van der Waals surface area contributed by atoms with Crippen LogP contribution in [0.2, 0.25) is 0 Å². The van der Waals surface area contributed by atoms with Crippen LogP contribution in [0.15, 0.2) is 12.1 Å². The number of hydrogen-bond donors (Lipinski definition) is 2. The molecule has 0 atom stereocenters. The van der Waals surface area contributed by atoms with Gasteiger partial charge < -0.3 is 10.2 Å². The fourth-order valence-electron chi connectivity index (χ4n) is 1.44. The fourth-order valence-corrected chi connectivity index (χ4v) is 1.44. The highest BCUT2D eigenvalue weighted by atomic mass is 16.4. The van der Waals surface area contributed by atoms with Crippen molar-refractivity contribution in [1.82, 2.24) is 0 Å². The molecule has 0 aromatic heterocycles. The molecule has 0 amide bonds. The predicted molar refractivity (Wildman–Crippen MR) is 53.8 cm³/mol. The topological polar surface area (TPSA) is 57.5 Å². The molecule has 0 saturated heterocycles. The number of phenols is 1. The molecule has 0 aliphatic carbocycles. The monoisotopic (exact) mass is 194 g/mol. The van der Waals surface area contributed by atoms with E-state index in [9.17, 15) is 9.90 Å². The predicted octanol–water partition coefficient (Wildman–Crippen LogP) is 2.35. The van der Waals surface area contributed by atoms with Gasteiger partial charge in [-0.25, -0.2) is 4.79 Å². The summed E-state index contributed by atoms with van der Waals surface area (Å²) in [4.78, 5) is 10.7. The maximum Gasteiger partial charge on any atom is 0.335 e. The van der Waals surface area contributed by atoms with Crippen molar-refractivity contribution in [1.29, 1.82) is 0 Å². The Bertz CT molecular complexity index is 356. The third-order valence-corrected chi connectivity index (χ3v) is 2.15. The van der Waals surface area contributed by atoms with E-state index in [1.54, 1.807) is 6.92 Å². The van der Waals surface area contributed by atoms with Gasteiger partial charge in [0.05, 0.1) is 5.56 Å². The van der Waals surface area contributed by atoms with E-state index in [4.69, 9.17) is 5.11 Å². The van der Waals surface area contributed by atoms with Gasteiger partial charge in [0.25, 0.3) is 0 Å². The summed E-state index contributed by atoms with van der Waals surface area (Å²) in [5.74, 6) is -0.734. The molecule has 0 saturated carbocycles. The Hall–Kier alpha value is -1.51. The first-order chi connectivity index (χ1) is 6.56. The average molecular weight is 194 g/mol. The van der Waals surface area contributed by atoms with Crippen LogP contribution >= 0.6 is 0 Å². The lowest BCUT2D eigenvalue weighted by atomic mass is 10.0. The highest BCUT2D eigenvalue weighted by Crippen LogP contribution is 2.25. The summed E-state index contributed by atoms with van der Waals surface area (Å²) >= 11 is 0. The van der Waals surface area contributed by atoms with E-state index < -0.39 is 5.97 Å². The highest BCUT2D eigenvalue weighted by Gasteiger charge is 2.10. The van der Waals surface area contributed by atoms with Gasteiger partial charge in [-0.2, -0.15) is 0 Å². The minimum absolute atomic E-state index is 0.219. The third kappa shape index (κ3) is 2.05. The van der Waals surface area contributed by atoms with E-state index in [2.05, 4.69) is 0 Å². The number of carboxylic acids is 1. The summed E-state index contributed by atoms with van der Waals surface area (Å²) in [5.41, 5.74) is 1.57. The van der Waals surface area contributed by atoms with Crippen LogP contribution in [0.4, 0.5) is 0 Å². The number of carboxylic acid groups (broad SMARTS) is 1. The number of hydrogen-bond acceptors (Lipinski definition) is 2. The van der Waals surface area contributed by atoms with Gasteiger partial charge in [-0.15, -0.1) is 0 Å². The first kappa shape index (κ1) is 10.6. The molecule has 1 aromatic carbocycles. The zero-order valence-corrected chi connectivity index (χ0v) is 8.37. The molecule has 3 heteroatoms. The van der Waals surface area contributed by atoms with Crippen LogP contribution < -0.4 is 0 Å². The zero-order chi connectivity index (χ0) is 10.7. The van der Waals surface area contributed by atoms with Crippen molar-refractivity contribution in [2.75, 3.05) is 0 Å². The van der Waals surface area contributed by atoms with Crippen molar-refractivity contribution in [2.24, 2.45) is 0 Å². The molecule has 1 rings (SSSR count). The van der Waals surface area contributed by atoms with Gasteiger partial charge in [-0.05, 0) is 36.6 Å². The SMILES string of the molecule is CCCc1cc(C(=O)O)cc(C)c1O. The summed E-state index contributed by atoms with van der Waals surface area (Å²) in [5, 5.41) is 18.5. The highest BCUT2D eigenvalue weighted by molar-refractivity contribution is 5.88. The quantitative estimate of drug-likeness (QED) is 0.776. The fraction of sp³-hybridized carbons (Fsp3) is 0.364. The van der Waals surface area contributed by atoms with Crippen LogP contribution in [-0.4, -0.2) is 16.2 Å². The number of phenolic OH excluding ortho intramolecular Hbond substituents is 1.